The van der Waals surface area contributed by atoms with Crippen LogP contribution >= 0.6 is 0 Å². The summed E-state index contributed by atoms with van der Waals surface area (Å²) in [7, 11) is 1.53. The van der Waals surface area contributed by atoms with E-state index in [2.05, 4.69) is 27.7 Å². The topological polar surface area (TPSA) is 57.3 Å². The third kappa shape index (κ3) is 1.72. The Bertz CT molecular complexity index is 648. The van der Waals surface area contributed by atoms with Gasteiger partial charge in [0, 0.05) is 5.92 Å². The first-order chi connectivity index (χ1) is 12.3. The number of carbonyl (C=O) groups is 1. The molecule has 0 aromatic rings. The lowest BCUT2D eigenvalue weighted by Gasteiger charge is -2.65. The zero-order chi connectivity index (χ0) is 18.5. The number of fused-ring (bicyclic) bond motifs is 2. The van der Waals surface area contributed by atoms with Crippen LogP contribution in [0.3, 0.4) is 0 Å². The highest BCUT2D eigenvalue weighted by Gasteiger charge is 2.83. The summed E-state index contributed by atoms with van der Waals surface area (Å²) in [5.41, 5.74) is -0.812. The second-order valence-corrected chi connectivity index (χ2v) is 10.3. The van der Waals surface area contributed by atoms with Gasteiger partial charge in [-0.05, 0) is 56.3 Å². The van der Waals surface area contributed by atoms with Crippen LogP contribution in [0.25, 0.3) is 0 Å². The van der Waals surface area contributed by atoms with Gasteiger partial charge in [-0.15, -0.1) is 0 Å². The highest BCUT2D eigenvalue weighted by atomic mass is 17.2. The van der Waals surface area contributed by atoms with Crippen LogP contribution < -0.4 is 0 Å². The average Bonchev–Trinajstić information content (AvgIpc) is 3.40. The van der Waals surface area contributed by atoms with Gasteiger partial charge in [0.05, 0.1) is 12.5 Å². The first-order valence-electron chi connectivity index (χ1n) is 10.4. The Balaban J connectivity index is 1.54. The lowest BCUT2D eigenvalue weighted by atomic mass is 9.42. The fourth-order valence-electron chi connectivity index (χ4n) is 7.85. The van der Waals surface area contributed by atoms with Crippen LogP contribution in [0, 0.1) is 28.6 Å². The van der Waals surface area contributed by atoms with Crippen molar-refractivity contribution >= 4 is 5.97 Å². The molecule has 0 aromatic heterocycles. The SMILES string of the molecule is COC(=O)[C@]1(C)CCC[C@@]2(C)[C@H]3C[C@H]4OO[C@@]3(CC[C@H]21)[C@@H]1O[C@]41C(C)C. The molecule has 0 aromatic carbocycles. The zero-order valence-electron chi connectivity index (χ0n) is 16.7. The number of hydrogen-bond acceptors (Lipinski definition) is 5. The molecule has 6 aliphatic rings. The van der Waals surface area contributed by atoms with Gasteiger partial charge in [-0.25, -0.2) is 9.78 Å². The number of carbonyl (C=O) groups excluding carboxylic acids is 1. The molecule has 146 valence electrons. The van der Waals surface area contributed by atoms with E-state index < -0.39 is 0 Å². The summed E-state index contributed by atoms with van der Waals surface area (Å²) in [6.45, 7) is 8.99. The minimum atomic E-state index is -0.388. The molecule has 5 heteroatoms. The molecule has 3 saturated carbocycles. The summed E-state index contributed by atoms with van der Waals surface area (Å²) >= 11 is 0. The van der Waals surface area contributed by atoms with E-state index in [1.165, 1.54) is 7.11 Å². The normalized spacial score (nSPS) is 57.2. The van der Waals surface area contributed by atoms with E-state index in [-0.39, 0.29) is 40.2 Å². The van der Waals surface area contributed by atoms with E-state index in [0.29, 0.717) is 17.8 Å². The zero-order valence-corrected chi connectivity index (χ0v) is 16.7. The number of rotatable bonds is 2. The van der Waals surface area contributed by atoms with E-state index in [9.17, 15) is 4.79 Å². The molecule has 3 aliphatic carbocycles. The second kappa shape index (κ2) is 5.03. The molecule has 0 amide bonds. The molecule has 8 atom stereocenters. The third-order valence-corrected chi connectivity index (χ3v) is 9.13. The quantitative estimate of drug-likeness (QED) is 0.425. The fraction of sp³-hybridized carbons (Fsp3) is 0.952. The Morgan fingerprint density at radius 2 is 1.92 bits per heavy atom. The predicted molar refractivity (Wildman–Crippen MR) is 94.0 cm³/mol. The van der Waals surface area contributed by atoms with Gasteiger partial charge in [-0.3, -0.25) is 4.79 Å². The summed E-state index contributed by atoms with van der Waals surface area (Å²) in [6, 6.07) is 0. The maximum absolute atomic E-state index is 12.7. The number of ether oxygens (including phenoxy) is 2. The Morgan fingerprint density at radius 1 is 1.15 bits per heavy atom. The number of hydrogen-bond donors (Lipinski definition) is 0. The minimum absolute atomic E-state index is 0.0151. The Kier molecular flexibility index (Phi) is 3.38. The van der Waals surface area contributed by atoms with Crippen LogP contribution in [-0.2, 0) is 24.0 Å². The van der Waals surface area contributed by atoms with Gasteiger partial charge in [-0.1, -0.05) is 27.2 Å². The first kappa shape index (κ1) is 17.4. The first-order valence-corrected chi connectivity index (χ1v) is 10.4. The maximum atomic E-state index is 12.7. The van der Waals surface area contributed by atoms with Gasteiger partial charge >= 0.3 is 5.97 Å². The van der Waals surface area contributed by atoms with Gasteiger partial charge in [0.2, 0.25) is 0 Å². The smallest absolute Gasteiger partial charge is 0.311 e. The molecule has 2 bridgehead atoms. The molecule has 3 saturated heterocycles. The standard InChI is InChI=1S/C21H32O5/c1-12(2)21-15-11-14-18(3)8-6-9-19(4,17(22)23-5)13(18)7-10-20(14,26-25-15)16(21)24-21/h12-16H,6-11H2,1-5H3/t13-,14-,15-,16+,18-,19-,20-,21-/m1/s1. The van der Waals surface area contributed by atoms with Crippen molar-refractivity contribution in [2.45, 2.75) is 89.6 Å². The van der Waals surface area contributed by atoms with E-state index in [0.717, 1.165) is 38.5 Å². The highest BCUT2D eigenvalue weighted by molar-refractivity contribution is 5.77. The van der Waals surface area contributed by atoms with Gasteiger partial charge in [-0.2, -0.15) is 0 Å². The largest absolute Gasteiger partial charge is 0.469 e. The van der Waals surface area contributed by atoms with Crippen molar-refractivity contribution in [1.82, 2.24) is 0 Å². The summed E-state index contributed by atoms with van der Waals surface area (Å²) in [5.74, 6) is 1.11. The van der Waals surface area contributed by atoms with Crippen molar-refractivity contribution in [3.05, 3.63) is 0 Å². The molecule has 6 fully saturated rings. The molecule has 5 nitrogen and oxygen atoms in total. The number of epoxide rings is 1. The molecule has 0 N–H and O–H groups in total. The lowest BCUT2D eigenvalue weighted by Crippen LogP contribution is -2.71. The van der Waals surface area contributed by atoms with Crippen molar-refractivity contribution in [2.75, 3.05) is 7.11 Å². The summed E-state index contributed by atoms with van der Waals surface area (Å²) in [5, 5.41) is 0. The van der Waals surface area contributed by atoms with Crippen molar-refractivity contribution < 1.29 is 24.0 Å². The van der Waals surface area contributed by atoms with Crippen LogP contribution in [0.5, 0.6) is 0 Å². The lowest BCUT2D eigenvalue weighted by molar-refractivity contribution is -0.466. The van der Waals surface area contributed by atoms with Gasteiger partial charge < -0.3 is 9.47 Å². The van der Waals surface area contributed by atoms with Gasteiger partial charge in [0.15, 0.2) is 0 Å². The fourth-order valence-corrected chi connectivity index (χ4v) is 7.85. The average molecular weight is 364 g/mol. The predicted octanol–water partition coefficient (Wildman–Crippen LogP) is 3.65. The Labute approximate surface area is 156 Å². The molecule has 6 rings (SSSR count). The van der Waals surface area contributed by atoms with Gasteiger partial charge in [0.25, 0.3) is 0 Å². The molecule has 0 radical (unpaired) electrons. The van der Waals surface area contributed by atoms with Crippen molar-refractivity contribution in [3.63, 3.8) is 0 Å². The van der Waals surface area contributed by atoms with Crippen molar-refractivity contribution in [1.29, 1.82) is 0 Å². The molecular weight excluding hydrogens is 332 g/mol. The summed E-state index contributed by atoms with van der Waals surface area (Å²) in [6.07, 6.45) is 6.18. The summed E-state index contributed by atoms with van der Waals surface area (Å²) in [4.78, 5) is 24.7. The van der Waals surface area contributed by atoms with Crippen LogP contribution in [0.15, 0.2) is 0 Å². The molecule has 3 heterocycles. The van der Waals surface area contributed by atoms with Crippen LogP contribution in [0.4, 0.5) is 0 Å². The minimum Gasteiger partial charge on any atom is -0.469 e. The second-order valence-electron chi connectivity index (χ2n) is 10.3. The molecule has 0 unspecified atom stereocenters. The maximum Gasteiger partial charge on any atom is 0.311 e. The molecular formula is C21H32O5. The Hall–Kier alpha value is -0.650. The number of esters is 1. The van der Waals surface area contributed by atoms with Crippen LogP contribution in [0.2, 0.25) is 0 Å². The van der Waals surface area contributed by atoms with Crippen molar-refractivity contribution in [2.24, 2.45) is 28.6 Å². The Morgan fingerprint density at radius 3 is 2.62 bits per heavy atom. The van der Waals surface area contributed by atoms with Gasteiger partial charge in [0.1, 0.15) is 23.4 Å². The summed E-state index contributed by atoms with van der Waals surface area (Å²) < 4.78 is 11.6. The van der Waals surface area contributed by atoms with E-state index in [1.54, 1.807) is 0 Å². The van der Waals surface area contributed by atoms with Crippen LogP contribution in [0.1, 0.15) is 66.2 Å². The van der Waals surface area contributed by atoms with Crippen molar-refractivity contribution in [3.8, 4) is 0 Å². The third-order valence-electron chi connectivity index (χ3n) is 9.13. The highest BCUT2D eigenvalue weighted by Crippen LogP contribution is 2.73. The molecule has 1 spiro atoms. The van der Waals surface area contributed by atoms with E-state index >= 15 is 0 Å². The van der Waals surface area contributed by atoms with Crippen LogP contribution in [-0.4, -0.2) is 36.5 Å². The van der Waals surface area contributed by atoms with E-state index in [1.807, 2.05) is 0 Å². The molecule has 26 heavy (non-hydrogen) atoms. The monoisotopic (exact) mass is 364 g/mol. The van der Waals surface area contributed by atoms with E-state index in [4.69, 9.17) is 19.2 Å². The number of methoxy groups -OCH3 is 1. The molecule has 3 aliphatic heterocycles.